The van der Waals surface area contributed by atoms with E-state index in [2.05, 4.69) is 0 Å². The van der Waals surface area contributed by atoms with Gasteiger partial charge in [-0.1, -0.05) is 0 Å². The summed E-state index contributed by atoms with van der Waals surface area (Å²) in [4.78, 5) is 0. The van der Waals surface area contributed by atoms with Gasteiger partial charge in [-0.3, -0.25) is 0 Å². The first kappa shape index (κ1) is 54.5. The van der Waals surface area contributed by atoms with Gasteiger partial charge in [-0.05, 0) is 0 Å². The number of benzene rings is 4. The number of rotatable bonds is 9. The Morgan fingerprint density at radius 1 is 0.485 bits per heavy atom. The summed E-state index contributed by atoms with van der Waals surface area (Å²) in [6.45, 7) is 22.9. The summed E-state index contributed by atoms with van der Waals surface area (Å²) >= 11 is -5.95. The molecule has 0 saturated carbocycles. The number of halogens is 14. The van der Waals surface area contributed by atoms with E-state index in [1.54, 1.807) is 12.1 Å². The summed E-state index contributed by atoms with van der Waals surface area (Å²) in [5, 5.41) is 0. The number of hydrogen-bond donors (Lipinski definition) is 0. The van der Waals surface area contributed by atoms with E-state index < -0.39 is 86.5 Å². The number of hydrogen-bond acceptors (Lipinski definition) is 0. The number of fused-ring (bicyclic) bond motifs is 2. The average Bonchev–Trinajstić information content (AvgIpc) is 3.72. The molecule has 0 fully saturated rings. The van der Waals surface area contributed by atoms with Gasteiger partial charge < -0.3 is 0 Å². The molecule has 0 aliphatic heterocycles. The molecule has 4 aromatic carbocycles. The standard InChI is InChI=1S/2C25H25F6.C2H7Si.2ClH.Zr/c2*1-14(2)8-15-9-16-6-7-21(23(3,4)5)22(20(16)10-15)17-11-18(24(26,27)28)13-19(12-17)25(29,30)31;1-3-2;;;/h2*6-7,9-14H,8H2,1-5H3;3H,1-2H3;2*1H;/q;;;;;+2/p-2. The van der Waals surface area contributed by atoms with Gasteiger partial charge in [-0.15, -0.1) is 0 Å². The van der Waals surface area contributed by atoms with Gasteiger partial charge in [0, 0.05) is 0 Å². The second-order valence-corrected chi connectivity index (χ2v) is 64.5. The molecule has 0 nitrogen and oxygen atoms in total. The predicted molar refractivity (Wildman–Crippen MR) is 252 cm³/mol. The van der Waals surface area contributed by atoms with E-state index in [-0.39, 0.29) is 46.2 Å². The molecule has 0 saturated heterocycles. The normalized spacial score (nSPS) is 18.0. The molecule has 0 heterocycles. The van der Waals surface area contributed by atoms with E-state index >= 15 is 0 Å². The van der Waals surface area contributed by atoms with Crippen LogP contribution in [-0.2, 0) is 51.1 Å². The van der Waals surface area contributed by atoms with Crippen LogP contribution in [0.15, 0.2) is 71.8 Å². The first-order valence-electron chi connectivity index (χ1n) is 22.6. The Balaban J connectivity index is 1.77. The zero-order valence-electron chi connectivity index (χ0n) is 40.0. The molecule has 0 bridgehead atoms. The van der Waals surface area contributed by atoms with Gasteiger partial charge in [0.1, 0.15) is 0 Å². The topological polar surface area (TPSA) is 0 Å². The van der Waals surface area contributed by atoms with Crippen molar-refractivity contribution in [2.45, 2.75) is 138 Å². The SMILES string of the molecule is CC(C)CC1=Cc2c(ccc(C(C)(C)C)c2-c2cc(C(F)(F)F)cc(C(F)(F)F)c2)[CH]1[Zr]([Cl])([Cl])([CH]1C(CC(C)C)=Cc2c1ccc(C(C)(C)C)c2-c1cc(C(F)(F)F)cc(C(F)(F)F)c1)[SiH](C)C. The van der Waals surface area contributed by atoms with Crippen molar-refractivity contribution in [2.75, 3.05) is 0 Å². The van der Waals surface area contributed by atoms with Gasteiger partial charge in [0.25, 0.3) is 0 Å². The summed E-state index contributed by atoms with van der Waals surface area (Å²) in [6, 6.07) is 10.4. The van der Waals surface area contributed by atoms with Gasteiger partial charge >= 0.3 is 403 Å². The van der Waals surface area contributed by atoms with Crippen LogP contribution in [0.4, 0.5) is 52.7 Å². The van der Waals surface area contributed by atoms with Crippen molar-refractivity contribution >= 4 is 35.1 Å². The zero-order chi connectivity index (χ0) is 51.5. The maximum absolute atomic E-state index is 14.5. The van der Waals surface area contributed by atoms with Crippen molar-refractivity contribution < 1.29 is 68.2 Å². The molecule has 2 aliphatic carbocycles. The van der Waals surface area contributed by atoms with Crippen molar-refractivity contribution in [1.82, 2.24) is 0 Å². The Morgan fingerprint density at radius 3 is 0.985 bits per heavy atom. The van der Waals surface area contributed by atoms with Crippen LogP contribution in [0.2, 0.25) is 13.1 Å². The van der Waals surface area contributed by atoms with Crippen LogP contribution in [0.25, 0.3) is 34.4 Å². The van der Waals surface area contributed by atoms with Crippen molar-refractivity contribution in [1.29, 1.82) is 0 Å². The van der Waals surface area contributed by atoms with Crippen LogP contribution >= 0.6 is 17.0 Å². The molecule has 0 aromatic heterocycles. The third kappa shape index (κ3) is 10.2. The van der Waals surface area contributed by atoms with Crippen LogP contribution in [0.5, 0.6) is 0 Å². The van der Waals surface area contributed by atoms with Gasteiger partial charge in [-0.25, -0.2) is 0 Å². The van der Waals surface area contributed by atoms with Gasteiger partial charge in [0.15, 0.2) is 0 Å². The Hall–Kier alpha value is -2.80. The van der Waals surface area contributed by atoms with E-state index in [4.69, 9.17) is 17.0 Å². The third-order valence-electron chi connectivity index (χ3n) is 13.4. The molecule has 0 N–H and O–H groups in total. The Labute approximate surface area is 400 Å². The van der Waals surface area contributed by atoms with Gasteiger partial charge in [-0.2, -0.15) is 0 Å². The minimum atomic E-state index is -5.95. The summed E-state index contributed by atoms with van der Waals surface area (Å²) in [5.41, 5.74) is -3.08. The molecule has 0 radical (unpaired) electrons. The first-order chi connectivity index (χ1) is 30.7. The summed E-state index contributed by atoms with van der Waals surface area (Å²) in [7, 11) is 17.4. The Morgan fingerprint density at radius 2 is 0.765 bits per heavy atom. The van der Waals surface area contributed by atoms with E-state index in [1.165, 1.54) is 0 Å². The quantitative estimate of drug-likeness (QED) is 0.116. The number of alkyl halides is 12. The molecule has 2 atom stereocenters. The van der Waals surface area contributed by atoms with Crippen LogP contribution in [-0.4, -0.2) is 5.92 Å². The molecule has 16 heteroatoms. The zero-order valence-corrected chi connectivity index (χ0v) is 45.1. The molecule has 0 spiro atoms. The second kappa shape index (κ2) is 17.7. The van der Waals surface area contributed by atoms with Gasteiger partial charge in [0.2, 0.25) is 0 Å². The third-order valence-corrected chi connectivity index (χ3v) is 65.3. The molecule has 68 heavy (non-hydrogen) atoms. The molecule has 4 aromatic rings. The van der Waals surface area contributed by atoms with Crippen LogP contribution in [0, 0.1) is 11.8 Å². The molecular formula is C52H57Cl2F12SiZr. The fraction of sp³-hybridized carbons (Fsp3) is 0.462. The minimum absolute atomic E-state index is 0.0264. The Kier molecular flexibility index (Phi) is 14.2. The van der Waals surface area contributed by atoms with E-state index in [0.717, 1.165) is 35.4 Å². The summed E-state index contributed by atoms with van der Waals surface area (Å²) in [5.74, 6) is -2.49. The molecule has 2 aliphatic rings. The molecule has 0 amide bonds. The first-order valence-corrected chi connectivity index (χ1v) is 38.9. The summed E-state index contributed by atoms with van der Waals surface area (Å²) in [6.07, 6.45) is -16.0. The van der Waals surface area contributed by atoms with Gasteiger partial charge in [0.05, 0.1) is 0 Å². The van der Waals surface area contributed by atoms with E-state index in [1.807, 2.05) is 107 Å². The van der Waals surface area contributed by atoms with Crippen molar-refractivity contribution in [3.05, 3.63) is 127 Å². The second-order valence-electron chi connectivity index (χ2n) is 22.0. The fourth-order valence-corrected chi connectivity index (χ4v) is 41.9. The number of allylic oxidation sites excluding steroid dienone is 2. The van der Waals surface area contributed by atoms with Crippen molar-refractivity contribution in [3.63, 3.8) is 0 Å². The van der Waals surface area contributed by atoms with Crippen LogP contribution in [0.1, 0.15) is 145 Å². The van der Waals surface area contributed by atoms with E-state index in [0.29, 0.717) is 46.2 Å². The molecule has 6 rings (SSSR count). The molecule has 371 valence electrons. The monoisotopic (exact) mass is 1100 g/mol. The van der Waals surface area contributed by atoms with Crippen molar-refractivity contribution in [3.8, 4) is 22.3 Å². The van der Waals surface area contributed by atoms with Crippen molar-refractivity contribution in [2.24, 2.45) is 11.8 Å². The van der Waals surface area contributed by atoms with Crippen LogP contribution < -0.4 is 0 Å². The van der Waals surface area contributed by atoms with E-state index in [9.17, 15) is 52.7 Å². The average molecular weight is 1100 g/mol. The predicted octanol–water partition coefficient (Wildman–Crippen LogP) is 19.3. The molecular weight excluding hydrogens is 1040 g/mol. The Bertz CT molecular complexity index is 2440. The molecule has 2 unspecified atom stereocenters. The summed E-state index contributed by atoms with van der Waals surface area (Å²) < 4.78 is 173. The van der Waals surface area contributed by atoms with Crippen LogP contribution in [0.3, 0.4) is 0 Å². The fourth-order valence-electron chi connectivity index (χ4n) is 10.5. The maximum atomic E-state index is 14.5.